The third-order valence-electron chi connectivity index (χ3n) is 2.73. The normalized spacial score (nSPS) is 11.1. The van der Waals surface area contributed by atoms with Crippen LogP contribution in [0, 0.1) is 5.92 Å². The van der Waals surface area contributed by atoms with Crippen molar-refractivity contribution in [2.24, 2.45) is 13.0 Å². The lowest BCUT2D eigenvalue weighted by Gasteiger charge is -2.07. The molecule has 0 saturated heterocycles. The molecule has 2 rings (SSSR count). The van der Waals surface area contributed by atoms with Crippen LogP contribution in [0.15, 0.2) is 30.7 Å². The van der Waals surface area contributed by atoms with Gasteiger partial charge in [0.15, 0.2) is 0 Å². The summed E-state index contributed by atoms with van der Waals surface area (Å²) in [5.41, 5.74) is 3.38. The van der Waals surface area contributed by atoms with Gasteiger partial charge in [-0.05, 0) is 24.6 Å². The number of aromatic nitrogens is 3. The molecule has 2 aromatic rings. The van der Waals surface area contributed by atoms with Gasteiger partial charge in [0.05, 0.1) is 5.69 Å². The Labute approximate surface area is 108 Å². The van der Waals surface area contributed by atoms with Gasteiger partial charge in [0.25, 0.3) is 0 Å². The van der Waals surface area contributed by atoms with Crippen LogP contribution >= 0.6 is 0 Å². The fourth-order valence-electron chi connectivity index (χ4n) is 1.92. The van der Waals surface area contributed by atoms with Gasteiger partial charge in [-0.3, -0.25) is 9.67 Å². The molecule has 18 heavy (non-hydrogen) atoms. The molecule has 0 aliphatic heterocycles. The van der Waals surface area contributed by atoms with Gasteiger partial charge in [-0.15, -0.1) is 0 Å². The molecule has 96 valence electrons. The zero-order valence-corrected chi connectivity index (χ0v) is 11.2. The monoisotopic (exact) mass is 244 g/mol. The summed E-state index contributed by atoms with van der Waals surface area (Å²) in [5.74, 6) is 0.658. The van der Waals surface area contributed by atoms with Crippen molar-refractivity contribution in [1.82, 2.24) is 20.1 Å². The van der Waals surface area contributed by atoms with Crippen molar-refractivity contribution in [3.8, 4) is 11.3 Å². The molecular weight excluding hydrogens is 224 g/mol. The standard InChI is InChI=1S/C14H20N4/c1-11(2)8-16-9-13-10-18(3)17-14(13)12-4-6-15-7-5-12/h4-7,10-11,16H,8-9H2,1-3H3. The minimum atomic E-state index is 0.658. The van der Waals surface area contributed by atoms with E-state index in [1.807, 2.05) is 23.9 Å². The SMILES string of the molecule is CC(C)CNCc1cn(C)nc1-c1ccncc1. The highest BCUT2D eigenvalue weighted by atomic mass is 15.3. The fraction of sp³-hybridized carbons (Fsp3) is 0.429. The smallest absolute Gasteiger partial charge is 0.0969 e. The number of aryl methyl sites for hydroxylation is 1. The van der Waals surface area contributed by atoms with E-state index in [4.69, 9.17) is 0 Å². The maximum Gasteiger partial charge on any atom is 0.0969 e. The Balaban J connectivity index is 2.16. The zero-order valence-electron chi connectivity index (χ0n) is 11.2. The third kappa shape index (κ3) is 3.17. The third-order valence-corrected chi connectivity index (χ3v) is 2.73. The van der Waals surface area contributed by atoms with Crippen molar-refractivity contribution >= 4 is 0 Å². The second-order valence-electron chi connectivity index (χ2n) is 4.94. The molecular formula is C14H20N4. The fourth-order valence-corrected chi connectivity index (χ4v) is 1.92. The highest BCUT2D eigenvalue weighted by molar-refractivity contribution is 5.61. The van der Waals surface area contributed by atoms with Crippen molar-refractivity contribution in [3.05, 3.63) is 36.3 Å². The van der Waals surface area contributed by atoms with E-state index in [-0.39, 0.29) is 0 Å². The van der Waals surface area contributed by atoms with Crippen LogP contribution in [0.3, 0.4) is 0 Å². The molecule has 0 aliphatic rings. The quantitative estimate of drug-likeness (QED) is 0.877. The summed E-state index contributed by atoms with van der Waals surface area (Å²) in [6.07, 6.45) is 5.67. The summed E-state index contributed by atoms with van der Waals surface area (Å²) < 4.78 is 1.86. The molecule has 2 heterocycles. The summed E-state index contributed by atoms with van der Waals surface area (Å²) in [5, 5.41) is 7.98. The number of nitrogens with zero attached hydrogens (tertiary/aromatic N) is 3. The van der Waals surface area contributed by atoms with E-state index < -0.39 is 0 Å². The first-order valence-electron chi connectivity index (χ1n) is 6.30. The number of nitrogens with one attached hydrogen (secondary N) is 1. The Morgan fingerprint density at radius 1 is 1.28 bits per heavy atom. The van der Waals surface area contributed by atoms with Crippen LogP contribution in [-0.4, -0.2) is 21.3 Å². The van der Waals surface area contributed by atoms with E-state index >= 15 is 0 Å². The molecule has 0 aliphatic carbocycles. The van der Waals surface area contributed by atoms with Crippen LogP contribution in [0.4, 0.5) is 0 Å². The van der Waals surface area contributed by atoms with Crippen LogP contribution in [0.2, 0.25) is 0 Å². The van der Waals surface area contributed by atoms with Crippen molar-refractivity contribution < 1.29 is 0 Å². The van der Waals surface area contributed by atoms with E-state index in [0.717, 1.165) is 24.3 Å². The molecule has 0 fully saturated rings. The van der Waals surface area contributed by atoms with Gasteiger partial charge in [0.1, 0.15) is 0 Å². The first-order valence-corrected chi connectivity index (χ1v) is 6.30. The topological polar surface area (TPSA) is 42.7 Å². The summed E-state index contributed by atoms with van der Waals surface area (Å²) in [4.78, 5) is 4.04. The van der Waals surface area contributed by atoms with Crippen LogP contribution in [0.1, 0.15) is 19.4 Å². The number of hydrogen-bond acceptors (Lipinski definition) is 3. The minimum absolute atomic E-state index is 0.658. The maximum atomic E-state index is 4.53. The van der Waals surface area contributed by atoms with E-state index in [1.54, 1.807) is 12.4 Å². The van der Waals surface area contributed by atoms with Gasteiger partial charge in [0, 0.05) is 43.3 Å². The summed E-state index contributed by atoms with van der Waals surface area (Å²) in [7, 11) is 1.95. The average molecular weight is 244 g/mol. The number of rotatable bonds is 5. The van der Waals surface area contributed by atoms with Gasteiger partial charge in [-0.1, -0.05) is 13.8 Å². The van der Waals surface area contributed by atoms with Crippen LogP contribution in [0.25, 0.3) is 11.3 Å². The molecule has 0 radical (unpaired) electrons. The van der Waals surface area contributed by atoms with E-state index in [9.17, 15) is 0 Å². The average Bonchev–Trinajstić information content (AvgIpc) is 2.71. The predicted octanol–water partition coefficient (Wildman–Crippen LogP) is 2.23. The van der Waals surface area contributed by atoms with Crippen molar-refractivity contribution in [2.75, 3.05) is 6.54 Å². The zero-order chi connectivity index (χ0) is 13.0. The largest absolute Gasteiger partial charge is 0.312 e. The van der Waals surface area contributed by atoms with Crippen LogP contribution < -0.4 is 5.32 Å². The lowest BCUT2D eigenvalue weighted by molar-refractivity contribution is 0.552. The molecule has 4 heteroatoms. The summed E-state index contributed by atoms with van der Waals surface area (Å²) >= 11 is 0. The van der Waals surface area contributed by atoms with Gasteiger partial charge in [-0.2, -0.15) is 5.10 Å². The summed E-state index contributed by atoms with van der Waals surface area (Å²) in [6.45, 7) is 6.29. The molecule has 0 bridgehead atoms. The van der Waals surface area contributed by atoms with Crippen molar-refractivity contribution in [2.45, 2.75) is 20.4 Å². The minimum Gasteiger partial charge on any atom is -0.312 e. The van der Waals surface area contributed by atoms with Crippen LogP contribution in [-0.2, 0) is 13.6 Å². The second-order valence-corrected chi connectivity index (χ2v) is 4.94. The lowest BCUT2D eigenvalue weighted by Crippen LogP contribution is -2.19. The van der Waals surface area contributed by atoms with Gasteiger partial charge < -0.3 is 5.32 Å². The molecule has 0 saturated carbocycles. The van der Waals surface area contributed by atoms with E-state index in [0.29, 0.717) is 5.92 Å². The lowest BCUT2D eigenvalue weighted by atomic mass is 10.1. The molecule has 4 nitrogen and oxygen atoms in total. The molecule has 1 N–H and O–H groups in total. The van der Waals surface area contributed by atoms with Crippen molar-refractivity contribution in [3.63, 3.8) is 0 Å². The molecule has 2 aromatic heterocycles. The Morgan fingerprint density at radius 3 is 2.67 bits per heavy atom. The first kappa shape index (κ1) is 12.8. The Morgan fingerprint density at radius 2 is 2.00 bits per heavy atom. The molecule has 0 aromatic carbocycles. The Hall–Kier alpha value is -1.68. The molecule has 0 amide bonds. The van der Waals surface area contributed by atoms with Crippen molar-refractivity contribution in [1.29, 1.82) is 0 Å². The van der Waals surface area contributed by atoms with Gasteiger partial charge >= 0.3 is 0 Å². The summed E-state index contributed by atoms with van der Waals surface area (Å²) in [6, 6.07) is 3.99. The second kappa shape index (κ2) is 5.78. The molecule has 0 spiro atoms. The van der Waals surface area contributed by atoms with Gasteiger partial charge in [0.2, 0.25) is 0 Å². The van der Waals surface area contributed by atoms with E-state index in [1.165, 1.54) is 5.56 Å². The van der Waals surface area contributed by atoms with E-state index in [2.05, 4.69) is 35.4 Å². The highest BCUT2D eigenvalue weighted by Gasteiger charge is 2.09. The Bertz CT molecular complexity index is 488. The predicted molar refractivity (Wildman–Crippen MR) is 73.0 cm³/mol. The molecule has 0 unspecified atom stereocenters. The van der Waals surface area contributed by atoms with Gasteiger partial charge in [-0.25, -0.2) is 0 Å². The first-order chi connectivity index (χ1) is 8.66. The molecule has 0 atom stereocenters. The number of hydrogen-bond donors (Lipinski definition) is 1. The van der Waals surface area contributed by atoms with Crippen LogP contribution in [0.5, 0.6) is 0 Å². The Kier molecular flexibility index (Phi) is 4.10. The maximum absolute atomic E-state index is 4.53. The highest BCUT2D eigenvalue weighted by Crippen LogP contribution is 2.20. The number of pyridine rings is 1.